The number of aromatic nitrogens is 2. The van der Waals surface area contributed by atoms with Gasteiger partial charge in [-0.2, -0.15) is 5.10 Å². The van der Waals surface area contributed by atoms with E-state index in [1.165, 1.54) is 0 Å². The Balaban J connectivity index is 1.98. The van der Waals surface area contributed by atoms with Gasteiger partial charge in [-0.1, -0.05) is 0 Å². The molecular weight excluding hydrogens is 190 g/mol. The summed E-state index contributed by atoms with van der Waals surface area (Å²) < 4.78 is 5.05. The second kappa shape index (κ2) is 4.31. The lowest BCUT2D eigenvalue weighted by Gasteiger charge is -2.17. The Morgan fingerprint density at radius 2 is 2.13 bits per heavy atom. The maximum atomic E-state index is 5.05. The number of rotatable bonds is 4. The summed E-state index contributed by atoms with van der Waals surface area (Å²) in [5.41, 5.74) is 2.32. The summed E-state index contributed by atoms with van der Waals surface area (Å²) in [6.07, 6.45) is 7.19. The molecule has 4 nitrogen and oxygen atoms in total. The maximum absolute atomic E-state index is 5.05. The predicted octanol–water partition coefficient (Wildman–Crippen LogP) is 2.41. The van der Waals surface area contributed by atoms with Crippen LogP contribution in [-0.2, 0) is 0 Å². The molecule has 0 aliphatic rings. The molecule has 15 heavy (non-hydrogen) atoms. The molecule has 0 saturated carbocycles. The quantitative estimate of drug-likeness (QED) is 0.805. The molecule has 0 saturated heterocycles. The first-order chi connectivity index (χ1) is 7.27. The van der Waals surface area contributed by atoms with E-state index in [0.717, 1.165) is 11.1 Å². The molecule has 2 N–H and O–H groups in total. The summed E-state index contributed by atoms with van der Waals surface area (Å²) in [5.74, 6) is 0. The number of aromatic amines is 1. The summed E-state index contributed by atoms with van der Waals surface area (Å²) in [6, 6.07) is 2.52. The maximum Gasteiger partial charge on any atom is 0.0950 e. The standard InChI is InChI=1S/C11H15N3O/c1-8(10-3-4-15-7-10)14-9(2)11-5-12-13-6-11/h3-9,14H,1-2H3,(H,12,13). The highest BCUT2D eigenvalue weighted by atomic mass is 16.3. The minimum atomic E-state index is 0.272. The molecule has 2 aromatic rings. The molecule has 4 heteroatoms. The van der Waals surface area contributed by atoms with Crippen molar-refractivity contribution >= 4 is 0 Å². The van der Waals surface area contributed by atoms with Gasteiger partial charge in [-0.25, -0.2) is 0 Å². The van der Waals surface area contributed by atoms with Gasteiger partial charge in [0.1, 0.15) is 0 Å². The fourth-order valence-electron chi connectivity index (χ4n) is 1.59. The van der Waals surface area contributed by atoms with E-state index in [2.05, 4.69) is 29.4 Å². The molecule has 0 aliphatic carbocycles. The second-order valence-electron chi connectivity index (χ2n) is 3.70. The van der Waals surface area contributed by atoms with Crippen LogP contribution in [0.15, 0.2) is 35.4 Å². The molecule has 2 atom stereocenters. The van der Waals surface area contributed by atoms with Crippen molar-refractivity contribution in [2.45, 2.75) is 25.9 Å². The minimum absolute atomic E-state index is 0.272. The Labute approximate surface area is 88.7 Å². The first-order valence-electron chi connectivity index (χ1n) is 5.04. The van der Waals surface area contributed by atoms with Crippen LogP contribution in [0.5, 0.6) is 0 Å². The van der Waals surface area contributed by atoms with Crippen LogP contribution in [0.4, 0.5) is 0 Å². The van der Waals surface area contributed by atoms with E-state index in [1.807, 2.05) is 18.5 Å². The first kappa shape index (κ1) is 9.98. The van der Waals surface area contributed by atoms with Gasteiger partial charge in [-0.3, -0.25) is 5.10 Å². The van der Waals surface area contributed by atoms with Crippen molar-refractivity contribution in [3.05, 3.63) is 42.1 Å². The van der Waals surface area contributed by atoms with Gasteiger partial charge in [0, 0.05) is 29.4 Å². The number of nitrogens with one attached hydrogen (secondary N) is 2. The van der Waals surface area contributed by atoms with Gasteiger partial charge in [-0.15, -0.1) is 0 Å². The van der Waals surface area contributed by atoms with Crippen molar-refractivity contribution < 1.29 is 4.42 Å². The van der Waals surface area contributed by atoms with E-state index in [4.69, 9.17) is 4.42 Å². The van der Waals surface area contributed by atoms with Crippen LogP contribution in [-0.4, -0.2) is 10.2 Å². The number of hydrogen-bond acceptors (Lipinski definition) is 3. The number of nitrogens with zero attached hydrogens (tertiary/aromatic N) is 1. The van der Waals surface area contributed by atoms with E-state index in [9.17, 15) is 0 Å². The van der Waals surface area contributed by atoms with Crippen LogP contribution in [0.3, 0.4) is 0 Å². The van der Waals surface area contributed by atoms with E-state index in [-0.39, 0.29) is 12.1 Å². The van der Waals surface area contributed by atoms with Crippen molar-refractivity contribution in [1.82, 2.24) is 15.5 Å². The smallest absolute Gasteiger partial charge is 0.0950 e. The molecule has 80 valence electrons. The van der Waals surface area contributed by atoms with Gasteiger partial charge in [0.25, 0.3) is 0 Å². The van der Waals surface area contributed by atoms with Gasteiger partial charge < -0.3 is 9.73 Å². The molecule has 2 heterocycles. The zero-order valence-electron chi connectivity index (χ0n) is 8.90. The molecule has 0 amide bonds. The van der Waals surface area contributed by atoms with E-state index >= 15 is 0 Å². The van der Waals surface area contributed by atoms with Crippen LogP contribution in [0.1, 0.15) is 37.1 Å². The normalized spacial score (nSPS) is 15.1. The Kier molecular flexibility index (Phi) is 2.87. The number of hydrogen-bond donors (Lipinski definition) is 2. The minimum Gasteiger partial charge on any atom is -0.472 e. The zero-order chi connectivity index (χ0) is 10.7. The fraction of sp³-hybridized carbons (Fsp3) is 0.364. The molecule has 0 fully saturated rings. The second-order valence-corrected chi connectivity index (χ2v) is 3.70. The zero-order valence-corrected chi connectivity index (χ0v) is 8.90. The molecule has 0 bridgehead atoms. The monoisotopic (exact) mass is 205 g/mol. The lowest BCUT2D eigenvalue weighted by atomic mass is 10.1. The van der Waals surface area contributed by atoms with Gasteiger partial charge in [0.05, 0.1) is 18.7 Å². The molecule has 2 unspecified atom stereocenters. The predicted molar refractivity (Wildman–Crippen MR) is 57.3 cm³/mol. The Morgan fingerprint density at radius 3 is 2.73 bits per heavy atom. The molecule has 0 aromatic carbocycles. The third-order valence-electron chi connectivity index (χ3n) is 2.56. The fourth-order valence-corrected chi connectivity index (χ4v) is 1.59. The topological polar surface area (TPSA) is 53.9 Å². The van der Waals surface area contributed by atoms with Crippen molar-refractivity contribution in [1.29, 1.82) is 0 Å². The van der Waals surface area contributed by atoms with E-state index in [0.29, 0.717) is 0 Å². The average molecular weight is 205 g/mol. The highest BCUT2D eigenvalue weighted by molar-refractivity contribution is 5.13. The summed E-state index contributed by atoms with van der Waals surface area (Å²) in [5, 5.41) is 10.2. The van der Waals surface area contributed by atoms with Crippen LogP contribution in [0.2, 0.25) is 0 Å². The molecule has 0 radical (unpaired) electrons. The summed E-state index contributed by atoms with van der Waals surface area (Å²) in [6.45, 7) is 4.23. The highest BCUT2D eigenvalue weighted by Gasteiger charge is 2.12. The van der Waals surface area contributed by atoms with Crippen LogP contribution >= 0.6 is 0 Å². The molecule has 2 rings (SSSR count). The molecule has 0 aliphatic heterocycles. The van der Waals surface area contributed by atoms with Crippen LogP contribution < -0.4 is 5.32 Å². The largest absolute Gasteiger partial charge is 0.472 e. The molecule has 0 spiro atoms. The molecular formula is C11H15N3O. The number of H-pyrrole nitrogens is 1. The van der Waals surface area contributed by atoms with Crippen molar-refractivity contribution in [2.75, 3.05) is 0 Å². The first-order valence-corrected chi connectivity index (χ1v) is 5.04. The third kappa shape index (κ3) is 2.27. The van der Waals surface area contributed by atoms with Gasteiger partial charge in [0.15, 0.2) is 0 Å². The lowest BCUT2D eigenvalue weighted by Crippen LogP contribution is -2.21. The SMILES string of the molecule is CC(NC(C)c1ccoc1)c1cn[nH]c1. The summed E-state index contributed by atoms with van der Waals surface area (Å²) in [7, 11) is 0. The van der Waals surface area contributed by atoms with Crippen LogP contribution in [0.25, 0.3) is 0 Å². The van der Waals surface area contributed by atoms with E-state index in [1.54, 1.807) is 12.5 Å². The number of furan rings is 1. The van der Waals surface area contributed by atoms with E-state index < -0.39 is 0 Å². The Morgan fingerprint density at radius 1 is 1.33 bits per heavy atom. The van der Waals surface area contributed by atoms with Gasteiger partial charge >= 0.3 is 0 Å². The Hall–Kier alpha value is -1.55. The van der Waals surface area contributed by atoms with Crippen molar-refractivity contribution in [3.8, 4) is 0 Å². The van der Waals surface area contributed by atoms with Crippen LogP contribution in [0, 0.1) is 0 Å². The van der Waals surface area contributed by atoms with Crippen molar-refractivity contribution in [2.24, 2.45) is 0 Å². The van der Waals surface area contributed by atoms with Gasteiger partial charge in [-0.05, 0) is 19.9 Å². The Bertz CT molecular complexity index is 342. The average Bonchev–Trinajstić information content (AvgIpc) is 2.91. The van der Waals surface area contributed by atoms with Crippen molar-refractivity contribution in [3.63, 3.8) is 0 Å². The third-order valence-corrected chi connectivity index (χ3v) is 2.56. The summed E-state index contributed by atoms with van der Waals surface area (Å²) >= 11 is 0. The lowest BCUT2D eigenvalue weighted by molar-refractivity contribution is 0.486. The van der Waals surface area contributed by atoms with Gasteiger partial charge in [0.2, 0.25) is 0 Å². The molecule has 2 aromatic heterocycles. The highest BCUT2D eigenvalue weighted by Crippen LogP contribution is 2.18. The summed E-state index contributed by atoms with van der Waals surface area (Å²) in [4.78, 5) is 0.